The molecule has 4 heteroatoms. The molecule has 5 aromatic rings. The summed E-state index contributed by atoms with van der Waals surface area (Å²) in [6, 6.07) is 26.5. The molecule has 5 rings (SSSR count). The summed E-state index contributed by atoms with van der Waals surface area (Å²) in [5.74, 6) is -0.349. The van der Waals surface area contributed by atoms with E-state index in [4.69, 9.17) is 5.26 Å². The average Bonchev–Trinajstić information content (AvgIpc) is 3.08. The number of nitriles is 1. The molecule has 132 valence electrons. The Bertz CT molecular complexity index is 1340. The van der Waals surface area contributed by atoms with Crippen LogP contribution < -0.4 is 0 Å². The third-order valence-corrected chi connectivity index (χ3v) is 4.91. The summed E-state index contributed by atoms with van der Waals surface area (Å²) in [5.41, 5.74) is 4.44. The third-order valence-electron chi connectivity index (χ3n) is 4.91. The summed E-state index contributed by atoms with van der Waals surface area (Å²) in [5, 5.41) is 11.4. The van der Waals surface area contributed by atoms with Gasteiger partial charge in [0, 0.05) is 28.2 Å². The Balaban J connectivity index is 1.81. The second-order valence-corrected chi connectivity index (χ2v) is 6.61. The quantitative estimate of drug-likeness (QED) is 0.394. The minimum absolute atomic E-state index is 0.349. The molecule has 0 saturated carbocycles. The van der Waals surface area contributed by atoms with Gasteiger partial charge in [-0.3, -0.25) is 4.98 Å². The molecule has 3 aromatic carbocycles. The molecule has 2 heterocycles. The molecule has 28 heavy (non-hydrogen) atoms. The van der Waals surface area contributed by atoms with Gasteiger partial charge in [-0.15, -0.1) is 0 Å². The van der Waals surface area contributed by atoms with Gasteiger partial charge in [-0.05, 0) is 42.5 Å². The van der Waals surface area contributed by atoms with Gasteiger partial charge in [-0.2, -0.15) is 5.26 Å². The van der Waals surface area contributed by atoms with Crippen molar-refractivity contribution >= 4 is 21.8 Å². The van der Waals surface area contributed by atoms with Crippen LogP contribution in [0.2, 0.25) is 0 Å². The second-order valence-electron chi connectivity index (χ2n) is 6.61. The van der Waals surface area contributed by atoms with Crippen LogP contribution in [0.25, 0.3) is 38.8 Å². The molecule has 0 atom stereocenters. The number of rotatable bonds is 2. The highest BCUT2D eigenvalue weighted by molar-refractivity contribution is 6.09. The van der Waals surface area contributed by atoms with E-state index in [0.717, 1.165) is 27.5 Å². The van der Waals surface area contributed by atoms with Crippen LogP contribution in [0.5, 0.6) is 0 Å². The topological polar surface area (TPSA) is 41.6 Å². The molecule has 0 aliphatic rings. The Hall–Kier alpha value is -3.97. The van der Waals surface area contributed by atoms with Crippen LogP contribution in [0.3, 0.4) is 0 Å². The zero-order valence-corrected chi connectivity index (χ0v) is 14.8. The molecule has 0 radical (unpaired) electrons. The fraction of sp³-hybridized carbons (Fsp3) is 0. The predicted octanol–water partition coefficient (Wildman–Crippen LogP) is 5.86. The summed E-state index contributed by atoms with van der Waals surface area (Å²) in [6.07, 6.45) is 1.57. The Labute approximate surface area is 160 Å². The minimum atomic E-state index is -0.349. The lowest BCUT2D eigenvalue weighted by atomic mass is 10.1. The summed E-state index contributed by atoms with van der Waals surface area (Å²) >= 11 is 0. The van der Waals surface area contributed by atoms with Gasteiger partial charge in [-0.1, -0.05) is 36.4 Å². The van der Waals surface area contributed by atoms with Gasteiger partial charge in [-0.25, -0.2) is 4.39 Å². The molecule has 0 saturated heterocycles. The minimum Gasteiger partial charge on any atom is -0.309 e. The van der Waals surface area contributed by atoms with E-state index in [-0.39, 0.29) is 5.82 Å². The number of para-hydroxylation sites is 2. The van der Waals surface area contributed by atoms with Crippen molar-refractivity contribution in [1.82, 2.24) is 9.55 Å². The summed E-state index contributed by atoms with van der Waals surface area (Å²) < 4.78 is 16.6. The molecule has 2 aromatic heterocycles. The van der Waals surface area contributed by atoms with Crippen LogP contribution in [-0.4, -0.2) is 9.55 Å². The molecular formula is C24H14FN3. The monoisotopic (exact) mass is 363 g/mol. The summed E-state index contributed by atoms with van der Waals surface area (Å²) in [6.45, 7) is 0. The van der Waals surface area contributed by atoms with E-state index >= 15 is 0 Å². The highest BCUT2D eigenvalue weighted by Crippen LogP contribution is 2.33. The lowest BCUT2D eigenvalue weighted by molar-refractivity contribution is 0.627. The summed E-state index contributed by atoms with van der Waals surface area (Å²) in [4.78, 5) is 4.32. The number of nitrogens with zero attached hydrogens (tertiary/aromatic N) is 3. The zero-order chi connectivity index (χ0) is 19.1. The van der Waals surface area contributed by atoms with Gasteiger partial charge in [0.1, 0.15) is 5.82 Å². The number of pyridine rings is 1. The lowest BCUT2D eigenvalue weighted by Gasteiger charge is -2.10. The van der Waals surface area contributed by atoms with Gasteiger partial charge >= 0.3 is 0 Å². The first-order chi connectivity index (χ1) is 13.7. The fourth-order valence-corrected chi connectivity index (χ4v) is 3.71. The van der Waals surface area contributed by atoms with Crippen molar-refractivity contribution in [3.8, 4) is 23.0 Å². The van der Waals surface area contributed by atoms with E-state index in [9.17, 15) is 4.39 Å². The molecule has 0 spiro atoms. The normalized spacial score (nSPS) is 11.0. The molecule has 0 bridgehead atoms. The van der Waals surface area contributed by atoms with Gasteiger partial charge in [0.05, 0.1) is 28.4 Å². The van der Waals surface area contributed by atoms with Gasteiger partial charge in [0.15, 0.2) is 0 Å². The number of hydrogen-bond acceptors (Lipinski definition) is 2. The Morgan fingerprint density at radius 1 is 0.821 bits per heavy atom. The van der Waals surface area contributed by atoms with Crippen LogP contribution >= 0.6 is 0 Å². The van der Waals surface area contributed by atoms with Crippen molar-refractivity contribution in [2.45, 2.75) is 0 Å². The maximum absolute atomic E-state index is 14.6. The predicted molar refractivity (Wildman–Crippen MR) is 109 cm³/mol. The highest BCUT2D eigenvalue weighted by Gasteiger charge is 2.13. The number of fused-ring (bicyclic) bond motifs is 3. The van der Waals surface area contributed by atoms with E-state index in [0.29, 0.717) is 16.8 Å². The number of aromatic nitrogens is 2. The molecule has 0 N–H and O–H groups in total. The van der Waals surface area contributed by atoms with E-state index in [1.807, 2.05) is 42.5 Å². The van der Waals surface area contributed by atoms with Crippen molar-refractivity contribution in [2.75, 3.05) is 0 Å². The average molecular weight is 363 g/mol. The van der Waals surface area contributed by atoms with Crippen molar-refractivity contribution in [2.24, 2.45) is 0 Å². The first-order valence-corrected chi connectivity index (χ1v) is 8.90. The Kier molecular flexibility index (Phi) is 3.67. The zero-order valence-electron chi connectivity index (χ0n) is 14.8. The van der Waals surface area contributed by atoms with Gasteiger partial charge < -0.3 is 4.57 Å². The molecular weight excluding hydrogens is 349 g/mol. The molecule has 0 fully saturated rings. The van der Waals surface area contributed by atoms with E-state index in [2.05, 4.69) is 27.8 Å². The lowest BCUT2D eigenvalue weighted by Crippen LogP contribution is -1.96. The largest absolute Gasteiger partial charge is 0.309 e. The SMILES string of the molecule is N#Cc1ccnc(-c2cc(F)cc(-n3c4ccccc4c4ccccc43)c2)c1. The van der Waals surface area contributed by atoms with Crippen molar-refractivity contribution in [3.05, 3.63) is 96.4 Å². The molecule has 0 aliphatic carbocycles. The summed E-state index contributed by atoms with van der Waals surface area (Å²) in [7, 11) is 0. The van der Waals surface area contributed by atoms with Gasteiger partial charge in [0.25, 0.3) is 0 Å². The van der Waals surface area contributed by atoms with Gasteiger partial charge in [0.2, 0.25) is 0 Å². The number of halogens is 1. The first-order valence-electron chi connectivity index (χ1n) is 8.90. The van der Waals surface area contributed by atoms with Crippen LogP contribution in [-0.2, 0) is 0 Å². The Morgan fingerprint density at radius 3 is 2.18 bits per heavy atom. The maximum Gasteiger partial charge on any atom is 0.125 e. The smallest absolute Gasteiger partial charge is 0.125 e. The third kappa shape index (κ3) is 2.53. The van der Waals surface area contributed by atoms with Crippen molar-refractivity contribution < 1.29 is 4.39 Å². The standard InChI is InChI=1S/C24H14FN3/c25-18-12-17(22-11-16(15-26)9-10-27-22)13-19(14-18)28-23-7-3-1-5-20(23)21-6-2-4-8-24(21)28/h1-14H. The van der Waals surface area contributed by atoms with E-state index in [1.165, 1.54) is 12.1 Å². The fourth-order valence-electron chi connectivity index (χ4n) is 3.71. The van der Waals surface area contributed by atoms with Crippen LogP contribution in [0, 0.1) is 17.1 Å². The number of benzene rings is 3. The van der Waals surface area contributed by atoms with E-state index in [1.54, 1.807) is 18.3 Å². The van der Waals surface area contributed by atoms with Crippen LogP contribution in [0.15, 0.2) is 85.1 Å². The molecule has 0 aliphatic heterocycles. The highest BCUT2D eigenvalue weighted by atomic mass is 19.1. The Morgan fingerprint density at radius 2 is 1.50 bits per heavy atom. The van der Waals surface area contributed by atoms with Crippen molar-refractivity contribution in [3.63, 3.8) is 0 Å². The molecule has 3 nitrogen and oxygen atoms in total. The second kappa shape index (κ2) is 6.33. The van der Waals surface area contributed by atoms with Crippen LogP contribution in [0.1, 0.15) is 5.56 Å². The first kappa shape index (κ1) is 16.2. The van der Waals surface area contributed by atoms with E-state index < -0.39 is 0 Å². The number of hydrogen-bond donors (Lipinski definition) is 0. The van der Waals surface area contributed by atoms with Crippen molar-refractivity contribution in [1.29, 1.82) is 5.26 Å². The molecule has 0 unspecified atom stereocenters. The molecule has 0 amide bonds. The van der Waals surface area contributed by atoms with Crippen LogP contribution in [0.4, 0.5) is 4.39 Å². The maximum atomic E-state index is 14.6.